The van der Waals surface area contributed by atoms with E-state index in [1.165, 1.54) is 6.07 Å². The molecule has 0 aliphatic rings. The molecule has 0 aliphatic heterocycles. The van der Waals surface area contributed by atoms with Gasteiger partial charge in [0.1, 0.15) is 11.6 Å². The Kier molecular flexibility index (Phi) is 3.96. The predicted molar refractivity (Wildman–Crippen MR) is 68.9 cm³/mol. The lowest BCUT2D eigenvalue weighted by molar-refractivity contribution is 0.102. The minimum absolute atomic E-state index is 0.247. The third kappa shape index (κ3) is 2.53. The molecule has 0 aromatic heterocycles. The summed E-state index contributed by atoms with van der Waals surface area (Å²) in [5.41, 5.74) is -1.29. The zero-order valence-electron chi connectivity index (χ0n) is 9.18. The van der Waals surface area contributed by atoms with E-state index >= 15 is 0 Å². The van der Waals surface area contributed by atoms with E-state index in [0.717, 1.165) is 24.3 Å². The van der Waals surface area contributed by atoms with Gasteiger partial charge in [-0.15, -0.1) is 0 Å². The summed E-state index contributed by atoms with van der Waals surface area (Å²) in [7, 11) is 0. The van der Waals surface area contributed by atoms with Gasteiger partial charge in [0.2, 0.25) is 5.78 Å². The average molecular weight is 350 g/mol. The summed E-state index contributed by atoms with van der Waals surface area (Å²) in [6.07, 6.45) is 0. The first-order valence-corrected chi connectivity index (χ1v) is 6.22. The van der Waals surface area contributed by atoms with Crippen molar-refractivity contribution in [1.29, 1.82) is 0 Å². The molecule has 6 heteroatoms. The van der Waals surface area contributed by atoms with E-state index in [1.54, 1.807) is 0 Å². The number of hydrogen-bond donors (Lipinski definition) is 0. The van der Waals surface area contributed by atoms with Gasteiger partial charge in [-0.3, -0.25) is 4.79 Å². The summed E-state index contributed by atoms with van der Waals surface area (Å²) < 4.78 is 41.0. The molecule has 0 bridgehead atoms. The van der Waals surface area contributed by atoms with Gasteiger partial charge in [-0.1, -0.05) is 17.7 Å². The Labute approximate surface area is 120 Å². The van der Waals surface area contributed by atoms with Crippen molar-refractivity contribution in [3.05, 3.63) is 68.4 Å². The fourth-order valence-electron chi connectivity index (χ4n) is 1.55. The maximum absolute atomic E-state index is 13.8. The van der Waals surface area contributed by atoms with Crippen LogP contribution < -0.4 is 0 Å². The van der Waals surface area contributed by atoms with Crippen LogP contribution in [0.25, 0.3) is 0 Å². The quantitative estimate of drug-likeness (QED) is 0.565. The van der Waals surface area contributed by atoms with Gasteiger partial charge in [0.25, 0.3) is 0 Å². The first-order chi connectivity index (χ1) is 8.93. The molecule has 0 spiro atoms. The molecule has 0 saturated heterocycles. The fraction of sp³-hybridized carbons (Fsp3) is 0. The highest BCUT2D eigenvalue weighted by Gasteiger charge is 2.23. The van der Waals surface area contributed by atoms with E-state index in [-0.39, 0.29) is 9.50 Å². The maximum Gasteiger partial charge on any atom is 0.201 e. The lowest BCUT2D eigenvalue weighted by atomic mass is 10.0. The highest BCUT2D eigenvalue weighted by molar-refractivity contribution is 9.10. The van der Waals surface area contributed by atoms with Crippen molar-refractivity contribution in [2.24, 2.45) is 0 Å². The minimum atomic E-state index is -1.09. The molecule has 0 amide bonds. The third-order valence-electron chi connectivity index (χ3n) is 2.47. The van der Waals surface area contributed by atoms with Crippen LogP contribution in [0.5, 0.6) is 0 Å². The van der Waals surface area contributed by atoms with Crippen molar-refractivity contribution >= 4 is 33.3 Å². The number of hydrogen-bond acceptors (Lipinski definition) is 1. The summed E-state index contributed by atoms with van der Waals surface area (Å²) in [4.78, 5) is 12.0. The van der Waals surface area contributed by atoms with Crippen LogP contribution in [-0.2, 0) is 0 Å². The smallest absolute Gasteiger partial charge is 0.201 e. The SMILES string of the molecule is O=C(c1ccc(Br)c(Cl)c1F)c1c(F)cccc1F. The van der Waals surface area contributed by atoms with Crippen LogP contribution in [0, 0.1) is 17.5 Å². The Morgan fingerprint density at radius 3 is 2.21 bits per heavy atom. The molecule has 0 radical (unpaired) electrons. The van der Waals surface area contributed by atoms with Gasteiger partial charge in [0.05, 0.1) is 16.1 Å². The number of ketones is 1. The highest BCUT2D eigenvalue weighted by Crippen LogP contribution is 2.29. The molecule has 19 heavy (non-hydrogen) atoms. The summed E-state index contributed by atoms with van der Waals surface area (Å²) in [5.74, 6) is -4.22. The van der Waals surface area contributed by atoms with Crippen LogP contribution in [0.4, 0.5) is 13.2 Å². The molecule has 1 nitrogen and oxygen atoms in total. The molecule has 0 unspecified atom stereocenters. The minimum Gasteiger partial charge on any atom is -0.288 e. The topological polar surface area (TPSA) is 17.1 Å². The second-order valence-corrected chi connectivity index (χ2v) is 4.88. The van der Waals surface area contributed by atoms with Crippen molar-refractivity contribution in [2.45, 2.75) is 0 Å². The van der Waals surface area contributed by atoms with Crippen LogP contribution >= 0.6 is 27.5 Å². The Hall–Kier alpha value is -1.33. The second kappa shape index (κ2) is 5.35. The van der Waals surface area contributed by atoms with Crippen molar-refractivity contribution in [2.75, 3.05) is 0 Å². The van der Waals surface area contributed by atoms with E-state index in [4.69, 9.17) is 11.6 Å². The van der Waals surface area contributed by atoms with Crippen LogP contribution in [0.2, 0.25) is 5.02 Å². The fourth-order valence-corrected chi connectivity index (χ4v) is 2.02. The van der Waals surface area contributed by atoms with Crippen LogP contribution in [0.3, 0.4) is 0 Å². The van der Waals surface area contributed by atoms with Crippen molar-refractivity contribution < 1.29 is 18.0 Å². The first-order valence-electron chi connectivity index (χ1n) is 5.05. The van der Waals surface area contributed by atoms with Gasteiger partial charge >= 0.3 is 0 Å². The van der Waals surface area contributed by atoms with Crippen molar-refractivity contribution in [3.8, 4) is 0 Å². The lowest BCUT2D eigenvalue weighted by Gasteiger charge is -2.07. The van der Waals surface area contributed by atoms with Gasteiger partial charge in [0, 0.05) is 4.47 Å². The van der Waals surface area contributed by atoms with E-state index in [2.05, 4.69) is 15.9 Å². The molecular formula is C13H5BrClF3O. The van der Waals surface area contributed by atoms with Gasteiger partial charge in [-0.25, -0.2) is 13.2 Å². The average Bonchev–Trinajstić information content (AvgIpc) is 2.35. The first kappa shape index (κ1) is 14.1. The summed E-state index contributed by atoms with van der Waals surface area (Å²) in [5, 5.41) is -0.317. The highest BCUT2D eigenvalue weighted by atomic mass is 79.9. The molecule has 0 N–H and O–H groups in total. The zero-order chi connectivity index (χ0) is 14.2. The van der Waals surface area contributed by atoms with E-state index in [0.29, 0.717) is 0 Å². The van der Waals surface area contributed by atoms with Crippen LogP contribution in [0.15, 0.2) is 34.8 Å². The molecule has 0 aliphatic carbocycles. The monoisotopic (exact) mass is 348 g/mol. The normalized spacial score (nSPS) is 10.6. The summed E-state index contributed by atoms with van der Waals surface area (Å²) in [6, 6.07) is 5.41. The Bertz CT molecular complexity index is 653. The van der Waals surface area contributed by atoms with Gasteiger partial charge < -0.3 is 0 Å². The van der Waals surface area contributed by atoms with Gasteiger partial charge in [0.15, 0.2) is 5.82 Å². The van der Waals surface area contributed by atoms with Crippen molar-refractivity contribution in [3.63, 3.8) is 0 Å². The van der Waals surface area contributed by atoms with E-state index in [1.807, 2.05) is 0 Å². The van der Waals surface area contributed by atoms with E-state index < -0.39 is 34.4 Å². The Balaban J connectivity index is 2.60. The maximum atomic E-state index is 13.8. The van der Waals surface area contributed by atoms with Gasteiger partial charge in [-0.05, 0) is 40.2 Å². The number of carbonyl (C=O) groups excluding carboxylic acids is 1. The van der Waals surface area contributed by atoms with Crippen LogP contribution in [0.1, 0.15) is 15.9 Å². The summed E-state index contributed by atoms with van der Waals surface area (Å²) in [6.45, 7) is 0. The second-order valence-electron chi connectivity index (χ2n) is 3.65. The lowest BCUT2D eigenvalue weighted by Crippen LogP contribution is -2.09. The number of halogens is 5. The number of carbonyl (C=O) groups is 1. The molecular weight excluding hydrogens is 344 g/mol. The zero-order valence-corrected chi connectivity index (χ0v) is 11.5. The van der Waals surface area contributed by atoms with E-state index in [9.17, 15) is 18.0 Å². The third-order valence-corrected chi connectivity index (χ3v) is 3.73. The Morgan fingerprint density at radius 2 is 1.63 bits per heavy atom. The largest absolute Gasteiger partial charge is 0.288 e. The van der Waals surface area contributed by atoms with Gasteiger partial charge in [-0.2, -0.15) is 0 Å². The molecule has 98 valence electrons. The molecule has 0 saturated carbocycles. The molecule has 2 aromatic rings. The van der Waals surface area contributed by atoms with Crippen molar-refractivity contribution in [1.82, 2.24) is 0 Å². The summed E-state index contributed by atoms with van der Waals surface area (Å²) >= 11 is 8.62. The number of benzene rings is 2. The molecule has 0 heterocycles. The standard InChI is InChI=1S/C13H5BrClF3O/c14-7-5-4-6(12(18)11(7)15)13(19)10-8(16)2-1-3-9(10)17/h1-5H. The molecule has 0 atom stereocenters. The molecule has 2 aromatic carbocycles. The number of rotatable bonds is 2. The van der Waals surface area contributed by atoms with Crippen LogP contribution in [-0.4, -0.2) is 5.78 Å². The molecule has 0 fully saturated rings. The molecule has 2 rings (SSSR count). The predicted octanol–water partition coefficient (Wildman–Crippen LogP) is 4.75. The Morgan fingerprint density at radius 1 is 1.05 bits per heavy atom.